The average Bonchev–Trinajstić information content (AvgIpc) is 2.33. The van der Waals surface area contributed by atoms with E-state index in [1.54, 1.807) is 18.2 Å². The van der Waals surface area contributed by atoms with Crippen molar-refractivity contribution in [2.24, 2.45) is 0 Å². The van der Waals surface area contributed by atoms with Gasteiger partial charge in [-0.3, -0.25) is 0 Å². The van der Waals surface area contributed by atoms with Crippen molar-refractivity contribution in [1.82, 2.24) is 0 Å². The second-order valence-electron chi connectivity index (χ2n) is 4.58. The maximum atomic E-state index is 11.1. The fraction of sp³-hybridized carbons (Fsp3) is 0.571. The molecule has 0 aliphatic carbocycles. The molecule has 3 nitrogen and oxygen atoms in total. The third-order valence-corrected chi connectivity index (χ3v) is 3.98. The van der Waals surface area contributed by atoms with Crippen LogP contribution in [0.15, 0.2) is 29.2 Å². The molecule has 5 heteroatoms. The molecule has 0 saturated carbocycles. The Bertz CT molecular complexity index is 458. The van der Waals surface area contributed by atoms with Gasteiger partial charge in [0.25, 0.3) is 0 Å². The summed E-state index contributed by atoms with van der Waals surface area (Å²) in [5, 5.41) is 0. The number of benzene rings is 1. The fourth-order valence-corrected chi connectivity index (χ4v) is 2.79. The Kier molecular flexibility index (Phi) is 10.9. The molecule has 0 radical (unpaired) electrons. The zero-order valence-corrected chi connectivity index (χ0v) is 15.8. The van der Waals surface area contributed by atoms with Crippen LogP contribution < -0.4 is 51.4 Å². The first-order chi connectivity index (χ1) is 8.55. The van der Waals surface area contributed by atoms with Crippen LogP contribution in [0.3, 0.4) is 0 Å². The van der Waals surface area contributed by atoms with Gasteiger partial charge in [0.05, 0.1) is 4.90 Å². The smallest absolute Gasteiger partial charge is 0.744 e. The van der Waals surface area contributed by atoms with Crippen LogP contribution >= 0.6 is 0 Å². The second-order valence-corrected chi connectivity index (χ2v) is 5.93. The first kappa shape index (κ1) is 19.8. The van der Waals surface area contributed by atoms with Crippen LogP contribution in [0.5, 0.6) is 0 Å². The van der Waals surface area contributed by atoms with Crippen molar-refractivity contribution < 1.29 is 64.4 Å². The van der Waals surface area contributed by atoms with E-state index in [0.29, 0.717) is 12.0 Å². The molecule has 0 unspecified atom stereocenters. The van der Waals surface area contributed by atoms with Gasteiger partial charge >= 0.3 is 51.4 Å². The van der Waals surface area contributed by atoms with Crippen LogP contribution in [-0.4, -0.2) is 13.0 Å². The summed E-state index contributed by atoms with van der Waals surface area (Å²) in [5.74, 6) is 0. The van der Waals surface area contributed by atoms with Crippen LogP contribution in [0.4, 0.5) is 0 Å². The van der Waals surface area contributed by atoms with Gasteiger partial charge < -0.3 is 4.55 Å². The Morgan fingerprint density at radius 3 is 2.21 bits per heavy atom. The standard InChI is InChI=1S/C14H22O3S.K/c1-2-3-4-5-6-7-10-13-11-8-9-12-14(13)18(15,16)17;/h8-9,11-12H,2-7,10H2,1H3,(H,15,16,17);/q;+1/p-1. The van der Waals surface area contributed by atoms with Crippen molar-refractivity contribution in [3.8, 4) is 0 Å². The van der Waals surface area contributed by atoms with Gasteiger partial charge in [-0.05, 0) is 24.5 Å². The van der Waals surface area contributed by atoms with E-state index in [9.17, 15) is 13.0 Å². The number of rotatable bonds is 8. The monoisotopic (exact) mass is 308 g/mol. The molecule has 0 aliphatic heterocycles. The Morgan fingerprint density at radius 2 is 1.58 bits per heavy atom. The van der Waals surface area contributed by atoms with Gasteiger partial charge in [-0.15, -0.1) is 0 Å². The van der Waals surface area contributed by atoms with Crippen molar-refractivity contribution in [2.45, 2.75) is 56.8 Å². The molecule has 1 rings (SSSR count). The summed E-state index contributed by atoms with van der Waals surface area (Å²) in [6, 6.07) is 6.50. The van der Waals surface area contributed by atoms with Gasteiger partial charge in [-0.1, -0.05) is 57.2 Å². The molecule has 1 aromatic rings. The molecule has 102 valence electrons. The molecule has 0 saturated heterocycles. The van der Waals surface area contributed by atoms with Gasteiger partial charge in [0.2, 0.25) is 0 Å². The molecule has 0 atom stereocenters. The predicted octanol–water partition coefficient (Wildman–Crippen LogP) is 0.498. The minimum absolute atomic E-state index is 0. The summed E-state index contributed by atoms with van der Waals surface area (Å²) >= 11 is 0. The minimum atomic E-state index is -4.33. The SMILES string of the molecule is CCCCCCCCc1ccccc1S(=O)(=O)[O-].[K+]. The zero-order valence-electron chi connectivity index (χ0n) is 11.9. The van der Waals surface area contributed by atoms with Crippen molar-refractivity contribution in [1.29, 1.82) is 0 Å². The third-order valence-electron chi connectivity index (χ3n) is 3.04. The third kappa shape index (κ3) is 7.95. The number of aryl methyl sites for hydroxylation is 1. The van der Waals surface area contributed by atoms with E-state index in [-0.39, 0.29) is 56.3 Å². The molecular weight excluding hydrogens is 287 g/mol. The summed E-state index contributed by atoms with van der Waals surface area (Å²) in [5.41, 5.74) is 0.656. The summed E-state index contributed by atoms with van der Waals surface area (Å²) in [4.78, 5) is -0.0569. The van der Waals surface area contributed by atoms with Gasteiger partial charge in [-0.25, -0.2) is 8.42 Å². The summed E-state index contributed by atoms with van der Waals surface area (Å²) in [6.45, 7) is 2.18. The molecule has 0 spiro atoms. The van der Waals surface area contributed by atoms with E-state index in [4.69, 9.17) is 0 Å². The van der Waals surface area contributed by atoms with Crippen molar-refractivity contribution in [2.75, 3.05) is 0 Å². The summed E-state index contributed by atoms with van der Waals surface area (Å²) < 4.78 is 33.2. The predicted molar refractivity (Wildman–Crippen MR) is 71.5 cm³/mol. The van der Waals surface area contributed by atoms with E-state index in [1.807, 2.05) is 0 Å². The van der Waals surface area contributed by atoms with Gasteiger partial charge in [0.15, 0.2) is 0 Å². The Balaban J connectivity index is 0.00000324. The molecule has 0 aromatic heterocycles. The topological polar surface area (TPSA) is 57.2 Å². The molecular formula is C14H21KO3S. The Hall–Kier alpha value is 0.766. The maximum Gasteiger partial charge on any atom is 1.00 e. The normalized spacial score (nSPS) is 11.1. The minimum Gasteiger partial charge on any atom is -0.744 e. The van der Waals surface area contributed by atoms with Crippen LogP contribution in [-0.2, 0) is 16.5 Å². The molecule has 0 N–H and O–H groups in total. The van der Waals surface area contributed by atoms with E-state index in [2.05, 4.69) is 6.92 Å². The molecule has 0 aliphatic rings. The molecule has 19 heavy (non-hydrogen) atoms. The average molecular weight is 308 g/mol. The molecule has 0 bridgehead atoms. The fourth-order valence-electron chi connectivity index (χ4n) is 2.05. The molecule has 1 aromatic carbocycles. The molecule has 0 fully saturated rings. The first-order valence-corrected chi connectivity index (χ1v) is 8.00. The largest absolute Gasteiger partial charge is 1.00 e. The Morgan fingerprint density at radius 1 is 1.00 bits per heavy atom. The zero-order chi connectivity index (χ0) is 13.4. The van der Waals surface area contributed by atoms with Crippen molar-refractivity contribution >= 4 is 10.1 Å². The number of hydrogen-bond acceptors (Lipinski definition) is 3. The van der Waals surface area contributed by atoms with Crippen molar-refractivity contribution in [3.63, 3.8) is 0 Å². The van der Waals surface area contributed by atoms with Crippen LogP contribution in [0, 0.1) is 0 Å². The maximum absolute atomic E-state index is 11.1. The summed E-state index contributed by atoms with van der Waals surface area (Å²) in [6.07, 6.45) is 7.59. The second kappa shape index (κ2) is 10.5. The molecule has 0 amide bonds. The van der Waals surface area contributed by atoms with Crippen LogP contribution in [0.25, 0.3) is 0 Å². The number of hydrogen-bond donors (Lipinski definition) is 0. The van der Waals surface area contributed by atoms with E-state index in [0.717, 1.165) is 12.8 Å². The van der Waals surface area contributed by atoms with Crippen molar-refractivity contribution in [3.05, 3.63) is 29.8 Å². The van der Waals surface area contributed by atoms with Crippen LogP contribution in [0.2, 0.25) is 0 Å². The first-order valence-electron chi connectivity index (χ1n) is 6.59. The number of unbranched alkanes of at least 4 members (excludes halogenated alkanes) is 5. The van der Waals surface area contributed by atoms with Gasteiger partial charge in [0.1, 0.15) is 10.1 Å². The van der Waals surface area contributed by atoms with Gasteiger partial charge in [-0.2, -0.15) is 0 Å². The Labute approximate surface area is 159 Å². The van der Waals surface area contributed by atoms with Gasteiger partial charge in [0, 0.05) is 0 Å². The van der Waals surface area contributed by atoms with Crippen LogP contribution in [0.1, 0.15) is 51.0 Å². The van der Waals surface area contributed by atoms with E-state index >= 15 is 0 Å². The molecule has 0 heterocycles. The quantitative estimate of drug-likeness (QED) is 0.399. The van der Waals surface area contributed by atoms with E-state index in [1.165, 1.54) is 31.7 Å². The summed E-state index contributed by atoms with van der Waals surface area (Å²) in [7, 11) is -4.33. The van der Waals surface area contributed by atoms with E-state index < -0.39 is 10.1 Å².